The van der Waals surface area contributed by atoms with E-state index in [1.807, 2.05) is 0 Å². The van der Waals surface area contributed by atoms with Crippen molar-refractivity contribution < 1.29 is 18.0 Å². The van der Waals surface area contributed by atoms with Gasteiger partial charge in [-0.05, 0) is 42.8 Å². The molecule has 0 saturated heterocycles. The first kappa shape index (κ1) is 17.2. The third-order valence-corrected chi connectivity index (χ3v) is 4.03. The van der Waals surface area contributed by atoms with E-state index in [1.165, 1.54) is 12.1 Å². The Bertz CT molecular complexity index is 903. The normalized spacial score (nSPS) is 16.5. The molecule has 0 aromatic heterocycles. The maximum absolute atomic E-state index is 12.9. The van der Waals surface area contributed by atoms with E-state index in [0.717, 1.165) is 17.1 Å². The highest BCUT2D eigenvalue weighted by Crippen LogP contribution is 2.33. The summed E-state index contributed by atoms with van der Waals surface area (Å²) in [5, 5.41) is 5.52. The first-order chi connectivity index (χ1) is 11.8. The number of halogens is 4. The van der Waals surface area contributed by atoms with Crippen molar-refractivity contribution in [2.24, 2.45) is 5.10 Å². The largest absolute Gasteiger partial charge is 0.416 e. The lowest BCUT2D eigenvalue weighted by Crippen LogP contribution is -2.21. The molecule has 1 heterocycles. The molecule has 2 aromatic rings. The van der Waals surface area contributed by atoms with Crippen LogP contribution in [0.25, 0.3) is 6.08 Å². The fraction of sp³-hybridized carbons (Fsp3) is 0.111. The van der Waals surface area contributed by atoms with Gasteiger partial charge in [0.15, 0.2) is 0 Å². The number of benzene rings is 2. The molecule has 1 aliphatic rings. The zero-order valence-corrected chi connectivity index (χ0v) is 13.8. The van der Waals surface area contributed by atoms with Gasteiger partial charge >= 0.3 is 6.18 Å². The molecule has 3 nitrogen and oxygen atoms in total. The van der Waals surface area contributed by atoms with E-state index in [4.69, 9.17) is 11.6 Å². The molecule has 1 aliphatic heterocycles. The van der Waals surface area contributed by atoms with Crippen LogP contribution in [0, 0.1) is 0 Å². The predicted octanol–water partition coefficient (Wildman–Crippen LogP) is 5.16. The van der Waals surface area contributed by atoms with Gasteiger partial charge in [0.25, 0.3) is 5.91 Å². The number of alkyl halides is 3. The maximum Gasteiger partial charge on any atom is 0.416 e. The van der Waals surface area contributed by atoms with Crippen LogP contribution in [0.1, 0.15) is 18.1 Å². The van der Waals surface area contributed by atoms with E-state index in [1.54, 1.807) is 37.3 Å². The average Bonchev–Trinajstić information content (AvgIpc) is 2.84. The standard InChI is InChI=1S/C18H12ClF3N2O/c1-11-15(9-12-5-2-3-8-16(12)19)17(25)24(23-11)14-7-4-6-13(10-14)18(20,21)22/h2-10H,1H3/b15-9-. The second kappa shape index (κ2) is 6.37. The lowest BCUT2D eigenvalue weighted by molar-refractivity contribution is -0.137. The van der Waals surface area contributed by atoms with Crippen molar-refractivity contribution >= 4 is 35.0 Å². The number of carbonyl (C=O) groups excluding carboxylic acids is 1. The molecule has 0 fully saturated rings. The van der Waals surface area contributed by atoms with E-state index in [2.05, 4.69) is 5.10 Å². The minimum atomic E-state index is -4.49. The number of hydrogen-bond donors (Lipinski definition) is 0. The third-order valence-electron chi connectivity index (χ3n) is 3.69. The summed E-state index contributed by atoms with van der Waals surface area (Å²) < 4.78 is 38.6. The summed E-state index contributed by atoms with van der Waals surface area (Å²) in [5.41, 5.74) is 0.539. The van der Waals surface area contributed by atoms with Crippen molar-refractivity contribution in [3.63, 3.8) is 0 Å². The molecule has 0 aliphatic carbocycles. The van der Waals surface area contributed by atoms with E-state index in [0.29, 0.717) is 16.3 Å². The summed E-state index contributed by atoms with van der Waals surface area (Å²) >= 11 is 6.09. The number of hydrazone groups is 1. The molecule has 25 heavy (non-hydrogen) atoms. The van der Waals surface area contributed by atoms with Crippen molar-refractivity contribution in [3.05, 3.63) is 70.3 Å². The van der Waals surface area contributed by atoms with Gasteiger partial charge < -0.3 is 0 Å². The monoisotopic (exact) mass is 364 g/mol. The molecule has 0 unspecified atom stereocenters. The van der Waals surface area contributed by atoms with Gasteiger partial charge in [-0.1, -0.05) is 35.9 Å². The zero-order valence-electron chi connectivity index (χ0n) is 13.0. The molecular formula is C18H12ClF3N2O. The predicted molar refractivity (Wildman–Crippen MR) is 91.5 cm³/mol. The summed E-state index contributed by atoms with van der Waals surface area (Å²) in [6.07, 6.45) is -2.91. The Morgan fingerprint density at radius 3 is 2.52 bits per heavy atom. The number of amides is 1. The Hall–Kier alpha value is -2.60. The van der Waals surface area contributed by atoms with Gasteiger partial charge in [0.2, 0.25) is 0 Å². The molecule has 0 spiro atoms. The van der Waals surface area contributed by atoms with Crippen molar-refractivity contribution in [2.75, 3.05) is 5.01 Å². The van der Waals surface area contributed by atoms with Gasteiger partial charge in [-0.2, -0.15) is 23.3 Å². The molecule has 0 atom stereocenters. The molecule has 0 bridgehead atoms. The number of rotatable bonds is 2. The molecule has 0 N–H and O–H groups in total. The number of hydrogen-bond acceptors (Lipinski definition) is 2. The van der Waals surface area contributed by atoms with Crippen molar-refractivity contribution in [2.45, 2.75) is 13.1 Å². The molecular weight excluding hydrogens is 353 g/mol. The van der Waals surface area contributed by atoms with Crippen LogP contribution in [0.5, 0.6) is 0 Å². The van der Waals surface area contributed by atoms with Gasteiger partial charge in [-0.3, -0.25) is 4.79 Å². The van der Waals surface area contributed by atoms with Gasteiger partial charge in [0.05, 0.1) is 22.5 Å². The molecule has 7 heteroatoms. The van der Waals surface area contributed by atoms with E-state index in [-0.39, 0.29) is 11.3 Å². The van der Waals surface area contributed by atoms with Crippen LogP contribution < -0.4 is 5.01 Å². The van der Waals surface area contributed by atoms with Crippen LogP contribution in [0.4, 0.5) is 18.9 Å². The summed E-state index contributed by atoms with van der Waals surface area (Å²) in [4.78, 5) is 12.6. The van der Waals surface area contributed by atoms with Crippen LogP contribution in [0.15, 0.2) is 59.2 Å². The summed E-state index contributed by atoms with van der Waals surface area (Å²) in [6, 6.07) is 11.4. The first-order valence-electron chi connectivity index (χ1n) is 7.31. The molecule has 0 saturated carbocycles. The van der Waals surface area contributed by atoms with E-state index in [9.17, 15) is 18.0 Å². The van der Waals surface area contributed by atoms with Crippen molar-refractivity contribution in [1.82, 2.24) is 0 Å². The Kier molecular flexibility index (Phi) is 4.39. The fourth-order valence-electron chi connectivity index (χ4n) is 2.42. The highest BCUT2D eigenvalue weighted by atomic mass is 35.5. The number of nitrogens with zero attached hydrogens (tertiary/aromatic N) is 2. The summed E-state index contributed by atoms with van der Waals surface area (Å²) in [5.74, 6) is -0.503. The van der Waals surface area contributed by atoms with Gasteiger partial charge in [0, 0.05) is 5.02 Å². The number of carbonyl (C=O) groups is 1. The zero-order chi connectivity index (χ0) is 18.2. The topological polar surface area (TPSA) is 32.7 Å². The molecule has 3 rings (SSSR count). The average molecular weight is 365 g/mol. The quantitative estimate of drug-likeness (QED) is 0.677. The summed E-state index contributed by atoms with van der Waals surface area (Å²) in [6.45, 7) is 1.62. The second-order valence-electron chi connectivity index (χ2n) is 5.43. The Labute approximate surface area is 147 Å². The van der Waals surface area contributed by atoms with Gasteiger partial charge in [-0.15, -0.1) is 0 Å². The Morgan fingerprint density at radius 1 is 1.12 bits per heavy atom. The van der Waals surface area contributed by atoms with Crippen LogP contribution in [0.2, 0.25) is 5.02 Å². The van der Waals surface area contributed by atoms with Crippen LogP contribution in [-0.4, -0.2) is 11.6 Å². The van der Waals surface area contributed by atoms with Gasteiger partial charge in [-0.25, -0.2) is 0 Å². The molecule has 1 amide bonds. The van der Waals surface area contributed by atoms with Crippen LogP contribution >= 0.6 is 11.6 Å². The SMILES string of the molecule is CC1=NN(c2cccc(C(F)(F)F)c2)C(=O)/C1=C\c1ccccc1Cl. The molecule has 2 aromatic carbocycles. The fourth-order valence-corrected chi connectivity index (χ4v) is 2.61. The lowest BCUT2D eigenvalue weighted by Gasteiger charge is -2.14. The Balaban J connectivity index is 1.98. The van der Waals surface area contributed by atoms with Gasteiger partial charge in [0.1, 0.15) is 0 Å². The minimum Gasteiger partial charge on any atom is -0.267 e. The smallest absolute Gasteiger partial charge is 0.267 e. The van der Waals surface area contributed by atoms with Crippen molar-refractivity contribution in [1.29, 1.82) is 0 Å². The maximum atomic E-state index is 12.9. The third kappa shape index (κ3) is 3.44. The summed E-state index contributed by atoms with van der Waals surface area (Å²) in [7, 11) is 0. The molecule has 128 valence electrons. The highest BCUT2D eigenvalue weighted by molar-refractivity contribution is 6.34. The van der Waals surface area contributed by atoms with E-state index >= 15 is 0 Å². The molecule has 0 radical (unpaired) electrons. The van der Waals surface area contributed by atoms with Crippen LogP contribution in [-0.2, 0) is 11.0 Å². The highest BCUT2D eigenvalue weighted by Gasteiger charge is 2.33. The van der Waals surface area contributed by atoms with E-state index < -0.39 is 17.6 Å². The van der Waals surface area contributed by atoms with Crippen molar-refractivity contribution in [3.8, 4) is 0 Å². The lowest BCUT2D eigenvalue weighted by atomic mass is 10.1. The minimum absolute atomic E-state index is 0.0572. The van der Waals surface area contributed by atoms with Crippen LogP contribution in [0.3, 0.4) is 0 Å². The Morgan fingerprint density at radius 2 is 1.84 bits per heavy atom. The number of anilines is 1. The first-order valence-corrected chi connectivity index (χ1v) is 7.68. The second-order valence-corrected chi connectivity index (χ2v) is 5.84.